The average molecular weight is 357 g/mol. The lowest BCUT2D eigenvalue weighted by atomic mass is 10.0. The second kappa shape index (κ2) is 8.87. The molecule has 7 nitrogen and oxygen atoms in total. The first-order valence-electron chi connectivity index (χ1n) is 8.26. The van der Waals surface area contributed by atoms with Gasteiger partial charge in [-0.15, -0.1) is 0 Å². The number of anilines is 1. The Labute approximate surface area is 151 Å². The molecule has 2 rings (SSSR count). The third-order valence-corrected chi connectivity index (χ3v) is 3.90. The lowest BCUT2D eigenvalue weighted by Crippen LogP contribution is -2.21. The predicted molar refractivity (Wildman–Crippen MR) is 99.9 cm³/mol. The standard InChI is InChI=1S/C19H23N3O4/c1-2-12-11-14(5-8-16(12)26-10-9-23)17(19(24)25)22-15-6-3-13(4-7-15)18(20)21/h3-8,11,17,22-23H,2,9-10H2,1H3,(H3,20,21)(H,24,25). The van der Waals surface area contributed by atoms with E-state index in [1.54, 1.807) is 42.5 Å². The van der Waals surface area contributed by atoms with Gasteiger partial charge in [0.15, 0.2) is 6.04 Å². The van der Waals surface area contributed by atoms with E-state index in [2.05, 4.69) is 5.32 Å². The lowest BCUT2D eigenvalue weighted by Gasteiger charge is -2.18. The van der Waals surface area contributed by atoms with Crippen LogP contribution in [0.2, 0.25) is 0 Å². The number of aliphatic hydroxyl groups is 1. The molecule has 0 bridgehead atoms. The number of carbonyl (C=O) groups is 1. The van der Waals surface area contributed by atoms with Gasteiger partial charge in [0, 0.05) is 11.3 Å². The summed E-state index contributed by atoms with van der Waals surface area (Å²) in [5.41, 5.74) is 8.08. The van der Waals surface area contributed by atoms with E-state index in [1.807, 2.05) is 6.92 Å². The molecule has 0 saturated carbocycles. The largest absolute Gasteiger partial charge is 0.491 e. The summed E-state index contributed by atoms with van der Waals surface area (Å²) in [6.07, 6.45) is 0.675. The summed E-state index contributed by atoms with van der Waals surface area (Å²) in [5.74, 6) is -0.413. The van der Waals surface area contributed by atoms with Gasteiger partial charge in [-0.25, -0.2) is 4.79 Å². The molecule has 2 aromatic rings. The number of hydrogen-bond donors (Lipinski definition) is 5. The second-order valence-electron chi connectivity index (χ2n) is 5.70. The van der Waals surface area contributed by atoms with E-state index in [4.69, 9.17) is 21.0 Å². The highest BCUT2D eigenvalue weighted by molar-refractivity contribution is 5.95. The van der Waals surface area contributed by atoms with Gasteiger partial charge < -0.3 is 26.0 Å². The van der Waals surface area contributed by atoms with Crippen molar-refractivity contribution in [2.75, 3.05) is 18.5 Å². The maximum atomic E-state index is 11.8. The summed E-state index contributed by atoms with van der Waals surface area (Å²) in [7, 11) is 0. The Hall–Kier alpha value is -3.06. The van der Waals surface area contributed by atoms with Crippen LogP contribution in [-0.2, 0) is 11.2 Å². The molecule has 0 aromatic heterocycles. The molecule has 138 valence electrons. The van der Waals surface area contributed by atoms with Crippen molar-refractivity contribution in [2.24, 2.45) is 5.73 Å². The van der Waals surface area contributed by atoms with Gasteiger partial charge in [0.05, 0.1) is 6.61 Å². The maximum absolute atomic E-state index is 11.8. The molecule has 0 fully saturated rings. The van der Waals surface area contributed by atoms with Crippen molar-refractivity contribution in [2.45, 2.75) is 19.4 Å². The molecule has 7 heteroatoms. The van der Waals surface area contributed by atoms with Crippen LogP contribution in [0.3, 0.4) is 0 Å². The van der Waals surface area contributed by atoms with E-state index in [9.17, 15) is 9.90 Å². The van der Waals surface area contributed by atoms with E-state index in [0.29, 0.717) is 29.0 Å². The zero-order valence-electron chi connectivity index (χ0n) is 14.5. The van der Waals surface area contributed by atoms with Crippen molar-refractivity contribution in [1.29, 1.82) is 5.41 Å². The van der Waals surface area contributed by atoms with Crippen molar-refractivity contribution in [1.82, 2.24) is 0 Å². The number of nitrogens with two attached hydrogens (primary N) is 1. The first-order valence-corrected chi connectivity index (χ1v) is 8.26. The minimum Gasteiger partial charge on any atom is -0.491 e. The number of aliphatic carboxylic acids is 1. The Balaban J connectivity index is 2.26. The molecule has 0 amide bonds. The third-order valence-electron chi connectivity index (χ3n) is 3.90. The molecule has 1 atom stereocenters. The lowest BCUT2D eigenvalue weighted by molar-refractivity contribution is -0.138. The van der Waals surface area contributed by atoms with Crippen LogP contribution in [0, 0.1) is 5.41 Å². The Morgan fingerprint density at radius 3 is 2.50 bits per heavy atom. The quantitative estimate of drug-likeness (QED) is 0.345. The van der Waals surface area contributed by atoms with E-state index >= 15 is 0 Å². The number of carboxylic acid groups (broad SMARTS) is 1. The van der Waals surface area contributed by atoms with Crippen LogP contribution in [0.1, 0.15) is 29.7 Å². The molecule has 0 aliphatic heterocycles. The highest BCUT2D eigenvalue weighted by atomic mass is 16.5. The number of aliphatic hydroxyl groups excluding tert-OH is 1. The van der Waals surface area contributed by atoms with Gasteiger partial charge in [0.1, 0.15) is 18.2 Å². The van der Waals surface area contributed by atoms with Crippen LogP contribution in [0.4, 0.5) is 5.69 Å². The zero-order valence-corrected chi connectivity index (χ0v) is 14.5. The van der Waals surface area contributed by atoms with Gasteiger partial charge in [0.25, 0.3) is 0 Å². The van der Waals surface area contributed by atoms with E-state index in [-0.39, 0.29) is 19.0 Å². The minimum absolute atomic E-state index is 0.0441. The first kappa shape index (κ1) is 19.3. The molecule has 0 spiro atoms. The molecule has 2 aromatic carbocycles. The molecule has 26 heavy (non-hydrogen) atoms. The number of carboxylic acids is 1. The molecule has 0 radical (unpaired) electrons. The molecule has 0 saturated heterocycles. The van der Waals surface area contributed by atoms with Crippen LogP contribution in [-0.4, -0.2) is 35.2 Å². The number of benzene rings is 2. The van der Waals surface area contributed by atoms with Crippen molar-refractivity contribution >= 4 is 17.5 Å². The highest BCUT2D eigenvalue weighted by Gasteiger charge is 2.21. The van der Waals surface area contributed by atoms with Crippen LogP contribution in [0.25, 0.3) is 0 Å². The summed E-state index contributed by atoms with van der Waals surface area (Å²) in [5, 5.41) is 28.9. The number of nitrogen functional groups attached to an aromatic ring is 1. The number of amidine groups is 1. The second-order valence-corrected chi connectivity index (χ2v) is 5.70. The highest BCUT2D eigenvalue weighted by Crippen LogP contribution is 2.27. The van der Waals surface area contributed by atoms with Crippen molar-refractivity contribution < 1.29 is 19.7 Å². The Kier molecular flexibility index (Phi) is 6.57. The molecular formula is C19H23N3O4. The predicted octanol–water partition coefficient (Wildman–Crippen LogP) is 2.14. The third kappa shape index (κ3) is 4.73. The SMILES string of the molecule is CCc1cc(C(Nc2ccc(C(=N)N)cc2)C(=O)O)ccc1OCCO. The molecule has 0 heterocycles. The fourth-order valence-electron chi connectivity index (χ4n) is 2.55. The normalized spacial score (nSPS) is 11.6. The maximum Gasteiger partial charge on any atom is 0.330 e. The van der Waals surface area contributed by atoms with Crippen LogP contribution in [0.5, 0.6) is 5.75 Å². The Bertz CT molecular complexity index is 775. The smallest absolute Gasteiger partial charge is 0.330 e. The van der Waals surface area contributed by atoms with Gasteiger partial charge >= 0.3 is 5.97 Å². The van der Waals surface area contributed by atoms with Crippen LogP contribution in [0.15, 0.2) is 42.5 Å². The van der Waals surface area contributed by atoms with Gasteiger partial charge in [-0.2, -0.15) is 0 Å². The van der Waals surface area contributed by atoms with E-state index in [0.717, 1.165) is 5.56 Å². The van der Waals surface area contributed by atoms with Gasteiger partial charge in [-0.1, -0.05) is 13.0 Å². The van der Waals surface area contributed by atoms with Crippen LogP contribution >= 0.6 is 0 Å². The number of hydrogen-bond acceptors (Lipinski definition) is 5. The fourth-order valence-corrected chi connectivity index (χ4v) is 2.55. The number of ether oxygens (including phenoxy) is 1. The zero-order chi connectivity index (χ0) is 19.1. The Morgan fingerprint density at radius 2 is 1.96 bits per heavy atom. The first-order chi connectivity index (χ1) is 12.5. The molecule has 6 N–H and O–H groups in total. The number of rotatable bonds is 9. The van der Waals surface area contributed by atoms with Gasteiger partial charge in [-0.3, -0.25) is 5.41 Å². The minimum atomic E-state index is -1.01. The molecular weight excluding hydrogens is 334 g/mol. The summed E-state index contributed by atoms with van der Waals surface area (Å²) in [6.45, 7) is 2.06. The molecule has 0 aliphatic carbocycles. The van der Waals surface area contributed by atoms with Crippen molar-refractivity contribution in [3.05, 3.63) is 59.2 Å². The number of aryl methyl sites for hydroxylation is 1. The Morgan fingerprint density at radius 1 is 1.27 bits per heavy atom. The summed E-state index contributed by atoms with van der Waals surface area (Å²) in [4.78, 5) is 11.8. The van der Waals surface area contributed by atoms with Gasteiger partial charge in [-0.05, 0) is 53.9 Å². The fraction of sp³-hybridized carbons (Fsp3) is 0.263. The number of nitrogens with one attached hydrogen (secondary N) is 2. The summed E-state index contributed by atoms with van der Waals surface area (Å²) >= 11 is 0. The summed E-state index contributed by atoms with van der Waals surface area (Å²) in [6, 6.07) is 11.0. The van der Waals surface area contributed by atoms with Crippen molar-refractivity contribution in [3.8, 4) is 5.75 Å². The van der Waals surface area contributed by atoms with Crippen molar-refractivity contribution in [3.63, 3.8) is 0 Å². The summed E-state index contributed by atoms with van der Waals surface area (Å²) < 4.78 is 5.48. The topological polar surface area (TPSA) is 129 Å². The monoisotopic (exact) mass is 357 g/mol. The van der Waals surface area contributed by atoms with Gasteiger partial charge in [0.2, 0.25) is 0 Å². The van der Waals surface area contributed by atoms with Crippen LogP contribution < -0.4 is 15.8 Å². The van der Waals surface area contributed by atoms with E-state index in [1.165, 1.54) is 0 Å². The van der Waals surface area contributed by atoms with E-state index < -0.39 is 12.0 Å². The molecule has 0 aliphatic rings. The average Bonchev–Trinajstić information content (AvgIpc) is 2.64. The molecule has 1 unspecified atom stereocenters.